The lowest BCUT2D eigenvalue weighted by Crippen LogP contribution is -2.30. The van der Waals surface area contributed by atoms with Crippen LogP contribution >= 0.6 is 0 Å². The third kappa shape index (κ3) is 2.99. The molecule has 0 unspecified atom stereocenters. The fourth-order valence-corrected chi connectivity index (χ4v) is 5.75. The van der Waals surface area contributed by atoms with Crippen molar-refractivity contribution < 1.29 is 32.3 Å². The van der Waals surface area contributed by atoms with Crippen molar-refractivity contribution in [2.24, 2.45) is 0 Å². The number of benzene rings is 2. The van der Waals surface area contributed by atoms with Crippen molar-refractivity contribution in [3.63, 3.8) is 0 Å². The van der Waals surface area contributed by atoms with E-state index in [9.17, 15) is 23.5 Å². The standard InChI is InChI=1S/C27H21F2N5O4/c1-27(37)22-16(32-25(27)36)8-13(11-30-22)12-6-7-15-17(9-12)34-18-10-19(23(34)31-15)33(2)24(35)14-4-3-5-20(21(14)18)38-26(28)29/h3-9,11,18-19,26,37H,10H2,1-2H3,(H,32,36)/t18-,19-,27-/m1/s1/i2D3. The Kier molecular flexibility index (Phi) is 3.93. The highest BCUT2D eigenvalue weighted by atomic mass is 19.3. The maximum atomic E-state index is 13.6. The Morgan fingerprint density at radius 2 is 2.05 bits per heavy atom. The maximum absolute atomic E-state index is 13.6. The average Bonchev–Trinajstić information content (AvgIpc) is 3.47. The van der Waals surface area contributed by atoms with Crippen LogP contribution in [0, 0.1) is 0 Å². The quantitative estimate of drug-likeness (QED) is 0.423. The molecule has 2 bridgehead atoms. The number of halogens is 2. The first kappa shape index (κ1) is 19.7. The van der Waals surface area contributed by atoms with E-state index in [4.69, 9.17) is 8.85 Å². The van der Waals surface area contributed by atoms with Crippen LogP contribution < -0.4 is 10.1 Å². The molecule has 11 heteroatoms. The van der Waals surface area contributed by atoms with E-state index in [0.717, 1.165) is 4.90 Å². The first-order valence-electron chi connectivity index (χ1n) is 13.3. The van der Waals surface area contributed by atoms with Gasteiger partial charge in [-0.25, -0.2) is 4.98 Å². The van der Waals surface area contributed by atoms with Crippen molar-refractivity contribution in [1.82, 2.24) is 19.4 Å². The van der Waals surface area contributed by atoms with Gasteiger partial charge in [0.25, 0.3) is 11.8 Å². The zero-order valence-corrected chi connectivity index (χ0v) is 19.8. The van der Waals surface area contributed by atoms with Crippen molar-refractivity contribution >= 4 is 28.5 Å². The number of aromatic nitrogens is 3. The molecule has 2 N–H and O–H groups in total. The minimum Gasteiger partial charge on any atom is -0.434 e. The van der Waals surface area contributed by atoms with Gasteiger partial charge in [-0.1, -0.05) is 12.1 Å². The molecular formula is C27H21F2N5O4. The molecule has 7 rings (SSSR count). The number of rotatable bonds is 3. The summed E-state index contributed by atoms with van der Waals surface area (Å²) in [6, 6.07) is 9.47. The number of alkyl halides is 2. The van der Waals surface area contributed by atoms with Crippen molar-refractivity contribution in [1.29, 1.82) is 0 Å². The summed E-state index contributed by atoms with van der Waals surface area (Å²) in [6.45, 7) is -4.62. The van der Waals surface area contributed by atoms with Crippen molar-refractivity contribution in [2.45, 2.75) is 37.6 Å². The van der Waals surface area contributed by atoms with E-state index in [-0.39, 0.29) is 29.0 Å². The molecule has 3 aliphatic heterocycles. The van der Waals surface area contributed by atoms with Crippen molar-refractivity contribution in [3.05, 3.63) is 71.3 Å². The van der Waals surface area contributed by atoms with Gasteiger partial charge in [-0.05, 0) is 42.8 Å². The smallest absolute Gasteiger partial charge is 0.387 e. The second kappa shape index (κ2) is 7.57. The zero-order valence-electron chi connectivity index (χ0n) is 22.8. The molecule has 0 fully saturated rings. The van der Waals surface area contributed by atoms with Gasteiger partial charge in [0, 0.05) is 40.4 Å². The zero-order chi connectivity index (χ0) is 29.0. The number of aliphatic hydroxyl groups is 1. The van der Waals surface area contributed by atoms with Crippen LogP contribution in [0.2, 0.25) is 0 Å². The van der Waals surface area contributed by atoms with Gasteiger partial charge in [-0.3, -0.25) is 14.6 Å². The molecule has 2 aromatic heterocycles. The van der Waals surface area contributed by atoms with Crippen LogP contribution in [0.15, 0.2) is 48.7 Å². The van der Waals surface area contributed by atoms with Crippen LogP contribution in [-0.4, -0.2) is 49.9 Å². The van der Waals surface area contributed by atoms with Gasteiger partial charge in [0.15, 0.2) is 5.60 Å². The number of nitrogens with one attached hydrogen (secondary N) is 1. The Labute approximate surface area is 218 Å². The Bertz CT molecular complexity index is 1810. The molecule has 38 heavy (non-hydrogen) atoms. The van der Waals surface area contributed by atoms with Crippen LogP contribution in [0.5, 0.6) is 5.75 Å². The Hall–Kier alpha value is -4.38. The molecule has 3 aliphatic rings. The highest BCUT2D eigenvalue weighted by molar-refractivity contribution is 6.04. The Morgan fingerprint density at radius 3 is 2.84 bits per heavy atom. The topological polar surface area (TPSA) is 110 Å². The van der Waals surface area contributed by atoms with Crippen LogP contribution in [0.3, 0.4) is 0 Å². The lowest BCUT2D eigenvalue weighted by molar-refractivity contribution is -0.132. The number of carbonyl (C=O) groups is 2. The number of nitrogens with zero attached hydrogens (tertiary/aromatic N) is 4. The van der Waals surface area contributed by atoms with Crippen LogP contribution in [0.25, 0.3) is 22.2 Å². The summed E-state index contributed by atoms with van der Waals surface area (Å²) in [5.74, 6) is -1.29. The Balaban J connectivity index is 1.43. The highest BCUT2D eigenvalue weighted by Crippen LogP contribution is 2.50. The Morgan fingerprint density at radius 1 is 1.21 bits per heavy atom. The molecule has 192 valence electrons. The summed E-state index contributed by atoms with van der Waals surface area (Å²) < 4.78 is 57.8. The molecule has 0 spiro atoms. The second-order valence-corrected chi connectivity index (χ2v) is 9.73. The third-order valence-electron chi connectivity index (χ3n) is 7.52. The molecular weight excluding hydrogens is 496 g/mol. The van der Waals surface area contributed by atoms with Crippen molar-refractivity contribution in [3.8, 4) is 16.9 Å². The van der Waals surface area contributed by atoms with Gasteiger partial charge in [-0.2, -0.15) is 8.78 Å². The van der Waals surface area contributed by atoms with E-state index in [2.05, 4.69) is 15.3 Å². The van der Waals surface area contributed by atoms with E-state index in [0.29, 0.717) is 33.7 Å². The SMILES string of the molecule is [2H]C([2H])([2H])N1C(=O)c2cccc(OC(F)F)c2[C@H]2C[C@@H]1c1nc3ccc(-c4cnc5c(c4)NC(=O)[C@]5(C)O)cc3n12. The number of fused-ring (bicyclic) bond motifs is 10. The number of ether oxygens (including phenoxy) is 1. The second-order valence-electron chi connectivity index (χ2n) is 9.73. The summed E-state index contributed by atoms with van der Waals surface area (Å²) >= 11 is 0. The number of imidazole rings is 1. The number of amides is 2. The molecule has 5 heterocycles. The molecule has 2 aromatic carbocycles. The van der Waals surface area contributed by atoms with Crippen LogP contribution in [-0.2, 0) is 10.4 Å². The van der Waals surface area contributed by atoms with Gasteiger partial charge in [0.2, 0.25) is 0 Å². The lowest BCUT2D eigenvalue weighted by atomic mass is 9.97. The van der Waals surface area contributed by atoms with Gasteiger partial charge < -0.3 is 24.6 Å². The largest absolute Gasteiger partial charge is 0.434 e. The molecule has 0 saturated heterocycles. The average molecular weight is 521 g/mol. The van der Waals surface area contributed by atoms with Gasteiger partial charge in [0.1, 0.15) is 17.3 Å². The monoisotopic (exact) mass is 520 g/mol. The molecule has 9 nitrogen and oxygen atoms in total. The summed E-state index contributed by atoms with van der Waals surface area (Å²) in [5, 5.41) is 13.1. The van der Waals surface area contributed by atoms with Crippen molar-refractivity contribution in [2.75, 3.05) is 12.3 Å². The molecule has 0 aliphatic carbocycles. The summed E-state index contributed by atoms with van der Waals surface area (Å²) in [7, 11) is 0. The van der Waals surface area contributed by atoms with Gasteiger partial charge >= 0.3 is 6.61 Å². The number of hydrogen-bond acceptors (Lipinski definition) is 6. The molecule has 0 radical (unpaired) electrons. The summed E-state index contributed by atoms with van der Waals surface area (Å²) in [5.41, 5.74) is 1.37. The third-order valence-corrected chi connectivity index (χ3v) is 7.52. The fourth-order valence-electron chi connectivity index (χ4n) is 5.75. The lowest BCUT2D eigenvalue weighted by Gasteiger charge is -2.24. The van der Waals surface area contributed by atoms with Gasteiger partial charge in [-0.15, -0.1) is 0 Å². The predicted molar refractivity (Wildman–Crippen MR) is 132 cm³/mol. The highest BCUT2D eigenvalue weighted by Gasteiger charge is 2.45. The number of carbonyl (C=O) groups excluding carboxylic acids is 2. The number of pyridine rings is 1. The molecule has 3 atom stereocenters. The van der Waals surface area contributed by atoms with E-state index in [1.807, 2.05) is 0 Å². The molecule has 2 amide bonds. The van der Waals surface area contributed by atoms with Gasteiger partial charge in [0.05, 0.1) is 28.8 Å². The summed E-state index contributed by atoms with van der Waals surface area (Å²) in [4.78, 5) is 35.5. The normalized spacial score (nSPS) is 24.9. The first-order valence-corrected chi connectivity index (χ1v) is 11.8. The fraction of sp³-hybridized carbons (Fsp3) is 0.259. The molecule has 4 aromatic rings. The first-order chi connectivity index (χ1) is 19.4. The minimum absolute atomic E-state index is 0.0268. The van der Waals surface area contributed by atoms with E-state index >= 15 is 0 Å². The van der Waals surface area contributed by atoms with E-state index in [1.165, 1.54) is 31.3 Å². The molecule has 0 saturated carbocycles. The van der Waals surface area contributed by atoms with E-state index in [1.54, 1.807) is 28.8 Å². The maximum Gasteiger partial charge on any atom is 0.387 e. The minimum atomic E-state index is -3.16. The number of anilines is 1. The van der Waals surface area contributed by atoms with Crippen LogP contribution in [0.1, 0.15) is 57.0 Å². The van der Waals surface area contributed by atoms with E-state index < -0.39 is 43.1 Å². The van der Waals surface area contributed by atoms with Crippen LogP contribution in [0.4, 0.5) is 14.5 Å². The summed E-state index contributed by atoms with van der Waals surface area (Å²) in [6.07, 6.45) is 1.63. The number of hydrogen-bond donors (Lipinski definition) is 2. The predicted octanol–water partition coefficient (Wildman–Crippen LogP) is 3.98.